The van der Waals surface area contributed by atoms with Crippen molar-refractivity contribution in [2.45, 2.75) is 19.4 Å². The van der Waals surface area contributed by atoms with Gasteiger partial charge in [-0.25, -0.2) is 9.97 Å². The second-order valence-corrected chi connectivity index (χ2v) is 10.0. The van der Waals surface area contributed by atoms with E-state index in [1.54, 1.807) is 29.7 Å². The molecule has 5 heterocycles. The van der Waals surface area contributed by atoms with Gasteiger partial charge in [-0.05, 0) is 72.3 Å². The fourth-order valence-electron chi connectivity index (χ4n) is 4.14. The standard InChI is InChI=1S/C24H24N6O2S2/c31-22-20(34-24(32)29-22)12-19-3-8-27-23(28-19)30-9-4-16(5-10-30)13-25-14-17-2-1-7-26-21(17)18-6-11-33-15-18/h1-3,6-8,11-12,15-16,25H,4-5,9-10,13-14H2,(H,29,31,32)/b20-12+. The summed E-state index contributed by atoms with van der Waals surface area (Å²) in [6.07, 6.45) is 7.29. The number of carbonyl (C=O) groups excluding carboxylic acids is 2. The van der Waals surface area contributed by atoms with Gasteiger partial charge >= 0.3 is 0 Å². The lowest BCUT2D eigenvalue weighted by molar-refractivity contribution is -0.115. The first-order valence-electron chi connectivity index (χ1n) is 11.2. The molecule has 5 rings (SSSR count). The minimum Gasteiger partial charge on any atom is -0.341 e. The van der Waals surface area contributed by atoms with E-state index in [1.807, 2.05) is 12.3 Å². The minimum absolute atomic E-state index is 0.354. The van der Waals surface area contributed by atoms with Crippen molar-refractivity contribution >= 4 is 46.3 Å². The fourth-order valence-corrected chi connectivity index (χ4v) is 5.45. The summed E-state index contributed by atoms with van der Waals surface area (Å²) in [4.78, 5) is 39.3. The van der Waals surface area contributed by atoms with Crippen LogP contribution in [0.15, 0.2) is 52.3 Å². The van der Waals surface area contributed by atoms with Crippen LogP contribution in [-0.4, -0.2) is 45.7 Å². The molecule has 0 radical (unpaired) electrons. The van der Waals surface area contributed by atoms with E-state index in [4.69, 9.17) is 0 Å². The van der Waals surface area contributed by atoms with Gasteiger partial charge in [0.05, 0.1) is 16.3 Å². The molecule has 2 N–H and O–H groups in total. The molecule has 2 amide bonds. The van der Waals surface area contributed by atoms with Crippen LogP contribution >= 0.6 is 23.1 Å². The molecule has 10 heteroatoms. The highest BCUT2D eigenvalue weighted by atomic mass is 32.2. The molecule has 2 fully saturated rings. The number of thioether (sulfide) groups is 1. The molecule has 2 aliphatic heterocycles. The Bertz CT molecular complexity index is 1210. The third-order valence-electron chi connectivity index (χ3n) is 5.92. The van der Waals surface area contributed by atoms with Crippen LogP contribution in [-0.2, 0) is 11.3 Å². The average molecular weight is 493 g/mol. The van der Waals surface area contributed by atoms with Crippen molar-refractivity contribution in [2.75, 3.05) is 24.5 Å². The summed E-state index contributed by atoms with van der Waals surface area (Å²) in [6.45, 7) is 3.52. The third-order valence-corrected chi connectivity index (χ3v) is 7.41. The predicted molar refractivity (Wildman–Crippen MR) is 135 cm³/mol. The number of nitrogens with one attached hydrogen (secondary N) is 2. The first-order valence-corrected chi connectivity index (χ1v) is 12.9. The quantitative estimate of drug-likeness (QED) is 0.479. The van der Waals surface area contributed by atoms with Crippen LogP contribution in [0.2, 0.25) is 0 Å². The van der Waals surface area contributed by atoms with Crippen molar-refractivity contribution in [1.82, 2.24) is 25.6 Å². The molecule has 3 aromatic rings. The van der Waals surface area contributed by atoms with Gasteiger partial charge in [0, 0.05) is 43.0 Å². The maximum Gasteiger partial charge on any atom is 0.290 e. The van der Waals surface area contributed by atoms with Gasteiger partial charge in [0.25, 0.3) is 11.1 Å². The SMILES string of the molecule is O=C1NC(=O)/C(=C\c2ccnc(N3CCC(CNCc4cccnc4-c4ccsc4)CC3)n2)S1. The lowest BCUT2D eigenvalue weighted by atomic mass is 9.97. The van der Waals surface area contributed by atoms with E-state index in [-0.39, 0.29) is 11.1 Å². The number of imide groups is 1. The molecular formula is C24H24N6O2S2. The summed E-state index contributed by atoms with van der Waals surface area (Å²) >= 11 is 2.58. The molecule has 174 valence electrons. The Morgan fingerprint density at radius 2 is 2.03 bits per heavy atom. The van der Waals surface area contributed by atoms with Crippen molar-refractivity contribution in [1.29, 1.82) is 0 Å². The van der Waals surface area contributed by atoms with Crippen LogP contribution in [0.1, 0.15) is 24.1 Å². The van der Waals surface area contributed by atoms with Crippen LogP contribution in [0.25, 0.3) is 17.3 Å². The molecule has 3 aromatic heterocycles. The molecule has 0 unspecified atom stereocenters. The highest BCUT2D eigenvalue weighted by molar-refractivity contribution is 8.18. The minimum atomic E-state index is -0.378. The zero-order valence-electron chi connectivity index (χ0n) is 18.4. The van der Waals surface area contributed by atoms with Gasteiger partial charge in [0.1, 0.15) is 0 Å². The Hall–Kier alpha value is -3.08. The maximum absolute atomic E-state index is 11.8. The predicted octanol–water partition coefficient (Wildman–Crippen LogP) is 3.93. The summed E-state index contributed by atoms with van der Waals surface area (Å²) in [7, 11) is 0. The Balaban J connectivity index is 1.13. The molecule has 0 atom stereocenters. The number of thiophene rings is 1. The number of nitrogens with zero attached hydrogens (tertiary/aromatic N) is 4. The Morgan fingerprint density at radius 1 is 1.15 bits per heavy atom. The molecule has 2 aliphatic rings. The van der Waals surface area contributed by atoms with Gasteiger partial charge in [0.2, 0.25) is 5.95 Å². The Labute approximate surface area is 205 Å². The van der Waals surface area contributed by atoms with Crippen molar-refractivity contribution in [2.24, 2.45) is 5.92 Å². The first-order chi connectivity index (χ1) is 16.7. The van der Waals surface area contributed by atoms with Gasteiger partial charge < -0.3 is 10.2 Å². The number of piperidine rings is 1. The van der Waals surface area contributed by atoms with Crippen molar-refractivity contribution in [3.05, 3.63) is 63.6 Å². The van der Waals surface area contributed by atoms with Gasteiger partial charge in [-0.2, -0.15) is 11.3 Å². The van der Waals surface area contributed by atoms with Crippen molar-refractivity contribution < 1.29 is 9.59 Å². The van der Waals surface area contributed by atoms with E-state index in [0.717, 1.165) is 56.5 Å². The largest absolute Gasteiger partial charge is 0.341 e. The van der Waals surface area contributed by atoms with E-state index >= 15 is 0 Å². The average Bonchev–Trinajstić information content (AvgIpc) is 3.50. The molecule has 0 aromatic carbocycles. The zero-order chi connectivity index (χ0) is 23.3. The number of hydrogen-bond acceptors (Lipinski definition) is 9. The highest BCUT2D eigenvalue weighted by Crippen LogP contribution is 2.26. The summed E-state index contributed by atoms with van der Waals surface area (Å²) < 4.78 is 0. The molecule has 0 aliphatic carbocycles. The molecule has 2 saturated heterocycles. The number of hydrogen-bond donors (Lipinski definition) is 2. The van der Waals surface area contributed by atoms with Crippen LogP contribution in [0.3, 0.4) is 0 Å². The second kappa shape index (κ2) is 10.5. The molecule has 34 heavy (non-hydrogen) atoms. The fraction of sp³-hybridized carbons (Fsp3) is 0.292. The van der Waals surface area contributed by atoms with Gasteiger partial charge in [-0.1, -0.05) is 6.07 Å². The molecular weight excluding hydrogens is 468 g/mol. The van der Waals surface area contributed by atoms with Crippen molar-refractivity contribution in [3.8, 4) is 11.3 Å². The second-order valence-electron chi connectivity index (χ2n) is 8.22. The van der Waals surface area contributed by atoms with E-state index in [1.165, 1.54) is 11.1 Å². The van der Waals surface area contributed by atoms with Gasteiger partial charge in [0.15, 0.2) is 0 Å². The van der Waals surface area contributed by atoms with Crippen molar-refractivity contribution in [3.63, 3.8) is 0 Å². The number of aromatic nitrogens is 3. The Morgan fingerprint density at radius 3 is 2.79 bits per heavy atom. The summed E-state index contributed by atoms with van der Waals surface area (Å²) in [5.74, 6) is 0.871. The van der Waals surface area contributed by atoms with Gasteiger partial charge in [-0.3, -0.25) is 19.9 Å². The smallest absolute Gasteiger partial charge is 0.290 e. The molecule has 0 spiro atoms. The lowest BCUT2D eigenvalue weighted by Gasteiger charge is -2.32. The highest BCUT2D eigenvalue weighted by Gasteiger charge is 2.25. The monoisotopic (exact) mass is 492 g/mol. The number of rotatable bonds is 7. The third kappa shape index (κ3) is 5.35. The molecule has 0 bridgehead atoms. The zero-order valence-corrected chi connectivity index (χ0v) is 20.1. The van der Waals surface area contributed by atoms with E-state index in [2.05, 4.69) is 53.4 Å². The van der Waals surface area contributed by atoms with E-state index in [9.17, 15) is 9.59 Å². The number of pyridine rings is 1. The van der Waals surface area contributed by atoms with Crippen LogP contribution in [0, 0.1) is 5.92 Å². The number of amides is 2. The van der Waals surface area contributed by atoms with E-state index in [0.29, 0.717) is 22.5 Å². The normalized spacial score (nSPS) is 18.0. The lowest BCUT2D eigenvalue weighted by Crippen LogP contribution is -2.38. The van der Waals surface area contributed by atoms with Gasteiger partial charge in [-0.15, -0.1) is 0 Å². The molecule has 8 nitrogen and oxygen atoms in total. The van der Waals surface area contributed by atoms with Crippen LogP contribution in [0.4, 0.5) is 10.7 Å². The first kappa shape index (κ1) is 22.7. The van der Waals surface area contributed by atoms with E-state index < -0.39 is 0 Å². The summed E-state index contributed by atoms with van der Waals surface area (Å²) in [5, 5.41) is 9.75. The maximum atomic E-state index is 11.8. The number of anilines is 1. The Kier molecular flexibility index (Phi) is 6.98. The topological polar surface area (TPSA) is 100 Å². The van der Waals surface area contributed by atoms with Crippen LogP contribution < -0.4 is 15.5 Å². The van der Waals surface area contributed by atoms with Crippen LogP contribution in [0.5, 0.6) is 0 Å². The molecule has 0 saturated carbocycles. The summed E-state index contributed by atoms with van der Waals surface area (Å²) in [5.41, 5.74) is 4.07. The summed E-state index contributed by atoms with van der Waals surface area (Å²) in [6, 6.07) is 7.98. The number of carbonyl (C=O) groups is 2.